The Balaban J connectivity index is 2.29. The molecular weight excluding hydrogens is 357 g/mol. The second-order valence-corrected chi connectivity index (χ2v) is 6.25. The lowest BCUT2D eigenvalue weighted by atomic mass is 9.98. The molecule has 2 N–H and O–H groups in total. The van der Waals surface area contributed by atoms with E-state index in [1.165, 1.54) is 12.1 Å². The largest absolute Gasteiger partial charge is 0.383 e. The van der Waals surface area contributed by atoms with Gasteiger partial charge in [0.25, 0.3) is 0 Å². The summed E-state index contributed by atoms with van der Waals surface area (Å²) in [5, 5.41) is 0. The number of anilines is 1. The predicted octanol–water partition coefficient (Wildman–Crippen LogP) is 4.91. The highest BCUT2D eigenvalue weighted by molar-refractivity contribution is 9.10. The number of nitrogens with zero attached hydrogens (tertiary/aromatic N) is 2. The minimum Gasteiger partial charge on any atom is -0.383 e. The molecule has 0 atom stereocenters. The minimum absolute atomic E-state index is 0.307. The number of pyridine rings is 2. The number of aromatic nitrogens is 2. The van der Waals surface area contributed by atoms with Crippen molar-refractivity contribution in [2.45, 2.75) is 13.8 Å². The summed E-state index contributed by atoms with van der Waals surface area (Å²) in [5.41, 5.74) is 11.0. The van der Waals surface area contributed by atoms with Crippen molar-refractivity contribution < 1.29 is 4.39 Å². The van der Waals surface area contributed by atoms with E-state index in [2.05, 4.69) is 25.9 Å². The standard InChI is InChI=1S/C18H15BrFN3/c1-10-6-13(7-11(2)22-10)15-9-16(19)18(21)23-17(15)12-4-3-5-14(20)8-12/h3-9H,1-2H3,(H2,21,23). The maximum absolute atomic E-state index is 13.6. The molecule has 2 heterocycles. The molecule has 0 unspecified atom stereocenters. The van der Waals surface area contributed by atoms with Crippen molar-refractivity contribution in [3.8, 4) is 22.4 Å². The van der Waals surface area contributed by atoms with E-state index in [0.717, 1.165) is 22.5 Å². The first-order valence-electron chi connectivity index (χ1n) is 7.11. The molecule has 0 saturated heterocycles. The van der Waals surface area contributed by atoms with Crippen LogP contribution < -0.4 is 5.73 Å². The number of hydrogen-bond acceptors (Lipinski definition) is 3. The number of halogens is 2. The van der Waals surface area contributed by atoms with Gasteiger partial charge in [0.05, 0.1) is 10.2 Å². The lowest BCUT2D eigenvalue weighted by Gasteiger charge is -2.13. The lowest BCUT2D eigenvalue weighted by molar-refractivity contribution is 0.628. The Labute approximate surface area is 142 Å². The molecule has 0 radical (unpaired) electrons. The van der Waals surface area contributed by atoms with Crippen molar-refractivity contribution in [1.82, 2.24) is 9.97 Å². The van der Waals surface area contributed by atoms with Crippen LogP contribution >= 0.6 is 15.9 Å². The molecule has 0 saturated carbocycles. The number of nitrogen functional groups attached to an aromatic ring is 1. The molecular formula is C18H15BrFN3. The van der Waals surface area contributed by atoms with E-state index in [0.29, 0.717) is 21.5 Å². The number of rotatable bonds is 2. The molecule has 0 aliphatic heterocycles. The van der Waals surface area contributed by atoms with Crippen LogP contribution in [0.2, 0.25) is 0 Å². The van der Waals surface area contributed by atoms with Crippen molar-refractivity contribution in [3.05, 3.63) is 64.1 Å². The zero-order valence-electron chi connectivity index (χ0n) is 12.8. The van der Waals surface area contributed by atoms with Gasteiger partial charge in [-0.15, -0.1) is 0 Å². The van der Waals surface area contributed by atoms with Crippen LogP contribution in [0.1, 0.15) is 11.4 Å². The van der Waals surface area contributed by atoms with E-state index in [1.54, 1.807) is 6.07 Å². The Kier molecular flexibility index (Phi) is 4.13. The van der Waals surface area contributed by atoms with Crippen molar-refractivity contribution in [2.24, 2.45) is 0 Å². The molecule has 116 valence electrons. The van der Waals surface area contributed by atoms with Crippen LogP contribution in [-0.4, -0.2) is 9.97 Å². The van der Waals surface area contributed by atoms with E-state index in [1.807, 2.05) is 38.1 Å². The van der Waals surface area contributed by atoms with Crippen molar-refractivity contribution in [3.63, 3.8) is 0 Å². The average Bonchev–Trinajstić information content (AvgIpc) is 2.48. The highest BCUT2D eigenvalue weighted by atomic mass is 79.9. The van der Waals surface area contributed by atoms with Crippen LogP contribution in [0.15, 0.2) is 46.9 Å². The average molecular weight is 372 g/mol. The van der Waals surface area contributed by atoms with E-state index < -0.39 is 0 Å². The third-order valence-corrected chi connectivity index (χ3v) is 4.13. The molecule has 0 fully saturated rings. The normalized spacial score (nSPS) is 10.8. The summed E-state index contributed by atoms with van der Waals surface area (Å²) in [6.07, 6.45) is 0. The number of nitrogens with two attached hydrogens (primary N) is 1. The summed E-state index contributed by atoms with van der Waals surface area (Å²) in [6, 6.07) is 12.2. The van der Waals surface area contributed by atoms with Gasteiger partial charge in [0.15, 0.2) is 0 Å². The molecule has 0 amide bonds. The van der Waals surface area contributed by atoms with Crippen LogP contribution in [0.4, 0.5) is 10.2 Å². The van der Waals surface area contributed by atoms with E-state index in [9.17, 15) is 4.39 Å². The molecule has 2 aromatic heterocycles. The Morgan fingerprint density at radius 2 is 1.65 bits per heavy atom. The maximum Gasteiger partial charge on any atom is 0.138 e. The molecule has 0 bridgehead atoms. The Morgan fingerprint density at radius 3 is 2.30 bits per heavy atom. The first kappa shape index (κ1) is 15.6. The Bertz CT molecular complexity index is 873. The quantitative estimate of drug-likeness (QED) is 0.695. The molecule has 3 rings (SSSR count). The smallest absolute Gasteiger partial charge is 0.138 e. The molecule has 3 nitrogen and oxygen atoms in total. The molecule has 23 heavy (non-hydrogen) atoms. The lowest BCUT2D eigenvalue weighted by Crippen LogP contribution is -1.98. The maximum atomic E-state index is 13.6. The van der Waals surface area contributed by atoms with Gasteiger partial charge in [-0.2, -0.15) is 0 Å². The van der Waals surface area contributed by atoms with Gasteiger partial charge in [0.1, 0.15) is 11.6 Å². The third kappa shape index (κ3) is 3.24. The summed E-state index contributed by atoms with van der Waals surface area (Å²) in [7, 11) is 0. The number of aryl methyl sites for hydroxylation is 2. The molecule has 0 aliphatic rings. The summed E-state index contributed by atoms with van der Waals surface area (Å²) in [5.74, 6) is 0.0642. The van der Waals surface area contributed by atoms with Crippen LogP contribution in [-0.2, 0) is 0 Å². The van der Waals surface area contributed by atoms with E-state index >= 15 is 0 Å². The molecule has 0 aliphatic carbocycles. The molecule has 0 spiro atoms. The van der Waals surface area contributed by atoms with Gasteiger partial charge in [0.2, 0.25) is 0 Å². The molecule has 1 aromatic carbocycles. The summed E-state index contributed by atoms with van der Waals surface area (Å²) in [4.78, 5) is 8.86. The van der Waals surface area contributed by atoms with Crippen LogP contribution in [0.3, 0.4) is 0 Å². The van der Waals surface area contributed by atoms with Gasteiger partial charge < -0.3 is 5.73 Å². The fourth-order valence-corrected chi connectivity index (χ4v) is 2.89. The predicted molar refractivity (Wildman–Crippen MR) is 94.4 cm³/mol. The first-order chi connectivity index (χ1) is 10.9. The summed E-state index contributed by atoms with van der Waals surface area (Å²) >= 11 is 3.42. The van der Waals surface area contributed by atoms with Gasteiger partial charge in [-0.1, -0.05) is 12.1 Å². The molecule has 5 heteroatoms. The summed E-state index contributed by atoms with van der Waals surface area (Å²) in [6.45, 7) is 3.89. The van der Waals surface area contributed by atoms with E-state index in [-0.39, 0.29) is 5.82 Å². The van der Waals surface area contributed by atoms with Gasteiger partial charge in [-0.25, -0.2) is 9.37 Å². The second-order valence-electron chi connectivity index (χ2n) is 5.40. The number of benzene rings is 1. The van der Waals surface area contributed by atoms with Crippen molar-refractivity contribution in [1.29, 1.82) is 0 Å². The van der Waals surface area contributed by atoms with Crippen LogP contribution in [0.5, 0.6) is 0 Å². The van der Waals surface area contributed by atoms with Gasteiger partial charge in [0, 0.05) is 22.5 Å². The first-order valence-corrected chi connectivity index (χ1v) is 7.91. The Morgan fingerprint density at radius 1 is 0.957 bits per heavy atom. The van der Waals surface area contributed by atoms with Gasteiger partial charge >= 0.3 is 0 Å². The molecule has 3 aromatic rings. The van der Waals surface area contributed by atoms with Gasteiger partial charge in [-0.05, 0) is 65.7 Å². The SMILES string of the molecule is Cc1cc(-c2cc(Br)c(N)nc2-c2cccc(F)c2)cc(C)n1. The highest BCUT2D eigenvalue weighted by Gasteiger charge is 2.14. The van der Waals surface area contributed by atoms with Crippen LogP contribution in [0.25, 0.3) is 22.4 Å². The fourth-order valence-electron chi connectivity index (χ4n) is 2.57. The second kappa shape index (κ2) is 6.08. The van der Waals surface area contributed by atoms with Crippen molar-refractivity contribution >= 4 is 21.7 Å². The third-order valence-electron chi connectivity index (χ3n) is 3.49. The minimum atomic E-state index is -0.307. The topological polar surface area (TPSA) is 51.8 Å². The van der Waals surface area contributed by atoms with E-state index in [4.69, 9.17) is 5.73 Å². The van der Waals surface area contributed by atoms with Crippen molar-refractivity contribution in [2.75, 3.05) is 5.73 Å². The number of hydrogen-bond donors (Lipinski definition) is 1. The highest BCUT2D eigenvalue weighted by Crippen LogP contribution is 2.35. The van der Waals surface area contributed by atoms with Crippen LogP contribution in [0, 0.1) is 19.7 Å². The summed E-state index contributed by atoms with van der Waals surface area (Å²) < 4.78 is 14.3. The van der Waals surface area contributed by atoms with Gasteiger partial charge in [-0.3, -0.25) is 4.98 Å². The fraction of sp³-hybridized carbons (Fsp3) is 0.111. The zero-order valence-corrected chi connectivity index (χ0v) is 14.4. The Hall–Kier alpha value is -2.27. The zero-order chi connectivity index (χ0) is 16.6. The monoisotopic (exact) mass is 371 g/mol.